The molecule has 3 aromatic rings. The Balaban J connectivity index is 1.62. The smallest absolute Gasteiger partial charge is 0.244 e. The van der Waals surface area contributed by atoms with Crippen LogP contribution in [-0.2, 0) is 16.1 Å². The second-order valence-corrected chi connectivity index (χ2v) is 7.02. The Morgan fingerprint density at radius 2 is 2.04 bits per heavy atom. The quantitative estimate of drug-likeness (QED) is 0.711. The Kier molecular flexibility index (Phi) is 4.55. The zero-order chi connectivity index (χ0) is 17.2. The van der Waals surface area contributed by atoms with Gasteiger partial charge >= 0.3 is 0 Å². The molecule has 0 aliphatic carbocycles. The van der Waals surface area contributed by atoms with Crippen LogP contribution < -0.4 is 5.32 Å². The molecule has 25 heavy (non-hydrogen) atoms. The summed E-state index contributed by atoms with van der Waals surface area (Å²) in [5.41, 5.74) is 2.62. The van der Waals surface area contributed by atoms with Crippen molar-refractivity contribution in [3.05, 3.63) is 58.8 Å². The number of ether oxygens (including phenoxy) is 1. The summed E-state index contributed by atoms with van der Waals surface area (Å²) in [6.45, 7) is 0.963. The van der Waals surface area contributed by atoms with Gasteiger partial charge in [-0.25, -0.2) is 4.98 Å². The van der Waals surface area contributed by atoms with Gasteiger partial charge in [0.2, 0.25) is 5.91 Å². The molecule has 0 saturated carbocycles. The minimum absolute atomic E-state index is 0.0344. The van der Waals surface area contributed by atoms with Crippen molar-refractivity contribution in [2.24, 2.45) is 0 Å². The fourth-order valence-corrected chi connectivity index (χ4v) is 3.43. The van der Waals surface area contributed by atoms with E-state index < -0.39 is 0 Å². The van der Waals surface area contributed by atoms with Crippen molar-refractivity contribution < 1.29 is 9.53 Å². The van der Waals surface area contributed by atoms with E-state index in [9.17, 15) is 4.79 Å². The van der Waals surface area contributed by atoms with Gasteiger partial charge in [-0.15, -0.1) is 0 Å². The van der Waals surface area contributed by atoms with Crippen molar-refractivity contribution in [1.82, 2.24) is 9.55 Å². The zero-order valence-corrected chi connectivity index (χ0v) is 15.2. The van der Waals surface area contributed by atoms with Crippen molar-refractivity contribution in [1.29, 1.82) is 0 Å². The average molecular weight is 400 g/mol. The van der Waals surface area contributed by atoms with Gasteiger partial charge in [-0.3, -0.25) is 4.79 Å². The summed E-state index contributed by atoms with van der Waals surface area (Å²) in [5.74, 6) is 0.759. The summed E-state index contributed by atoms with van der Waals surface area (Å²) in [6, 6.07) is 15.4. The number of carbonyl (C=O) groups excluding carboxylic acids is 1. The minimum Gasteiger partial charge on any atom is -0.370 e. The summed E-state index contributed by atoms with van der Waals surface area (Å²) in [5, 5.41) is 2.94. The van der Waals surface area contributed by atoms with Crippen LogP contribution in [0.2, 0.25) is 0 Å². The fraction of sp³-hybridized carbons (Fsp3) is 0.263. The summed E-state index contributed by atoms with van der Waals surface area (Å²) < 4.78 is 8.75. The topological polar surface area (TPSA) is 56.2 Å². The molecule has 1 amide bonds. The molecule has 1 fully saturated rings. The van der Waals surface area contributed by atoms with Crippen LogP contribution in [0.15, 0.2) is 53.0 Å². The van der Waals surface area contributed by atoms with Crippen LogP contribution in [0.3, 0.4) is 0 Å². The lowest BCUT2D eigenvalue weighted by Crippen LogP contribution is -2.21. The van der Waals surface area contributed by atoms with Gasteiger partial charge in [-0.2, -0.15) is 0 Å². The van der Waals surface area contributed by atoms with Crippen LogP contribution in [-0.4, -0.2) is 22.1 Å². The number of hydrogen-bond donors (Lipinski definition) is 1. The fourth-order valence-electron chi connectivity index (χ4n) is 3.16. The molecule has 2 aromatic carbocycles. The summed E-state index contributed by atoms with van der Waals surface area (Å²) >= 11 is 3.40. The zero-order valence-electron chi connectivity index (χ0n) is 13.6. The number of anilines is 1. The van der Waals surface area contributed by atoms with Gasteiger partial charge in [0.1, 0.15) is 18.5 Å². The van der Waals surface area contributed by atoms with E-state index in [0.717, 1.165) is 46.5 Å². The molecule has 0 bridgehead atoms. The number of carbonyl (C=O) groups is 1. The van der Waals surface area contributed by atoms with Gasteiger partial charge < -0.3 is 14.6 Å². The highest BCUT2D eigenvalue weighted by molar-refractivity contribution is 9.10. The second-order valence-electron chi connectivity index (χ2n) is 6.10. The van der Waals surface area contributed by atoms with E-state index in [1.807, 2.05) is 53.1 Å². The van der Waals surface area contributed by atoms with E-state index in [-0.39, 0.29) is 18.6 Å². The number of benzene rings is 2. The van der Waals surface area contributed by atoms with E-state index in [4.69, 9.17) is 9.72 Å². The molecule has 1 N–H and O–H groups in total. The van der Waals surface area contributed by atoms with Crippen LogP contribution in [0.25, 0.3) is 11.0 Å². The third kappa shape index (κ3) is 3.45. The molecule has 1 aromatic heterocycles. The average Bonchev–Trinajstić information content (AvgIpc) is 3.25. The molecule has 0 radical (unpaired) electrons. The van der Waals surface area contributed by atoms with Gasteiger partial charge in [-0.05, 0) is 49.2 Å². The molecular formula is C19H18BrN3O2. The minimum atomic E-state index is -0.0790. The van der Waals surface area contributed by atoms with Crippen LogP contribution in [0.5, 0.6) is 0 Å². The largest absolute Gasteiger partial charge is 0.370 e. The molecule has 6 heteroatoms. The number of nitrogens with one attached hydrogen (secondary N) is 1. The maximum absolute atomic E-state index is 12.6. The van der Waals surface area contributed by atoms with Crippen molar-refractivity contribution >= 4 is 38.6 Å². The number of rotatable bonds is 4. The monoisotopic (exact) mass is 399 g/mol. The van der Waals surface area contributed by atoms with E-state index in [1.165, 1.54) is 0 Å². The highest BCUT2D eigenvalue weighted by atomic mass is 79.9. The molecule has 1 saturated heterocycles. The summed E-state index contributed by atoms with van der Waals surface area (Å²) in [7, 11) is 0. The van der Waals surface area contributed by atoms with Gasteiger partial charge in [0, 0.05) is 16.8 Å². The second kappa shape index (κ2) is 6.98. The van der Waals surface area contributed by atoms with E-state index in [2.05, 4.69) is 21.2 Å². The van der Waals surface area contributed by atoms with E-state index in [1.54, 1.807) is 0 Å². The Hall–Kier alpha value is -2.18. The van der Waals surface area contributed by atoms with E-state index >= 15 is 0 Å². The first-order valence-corrected chi connectivity index (χ1v) is 9.12. The van der Waals surface area contributed by atoms with Crippen molar-refractivity contribution in [3.8, 4) is 0 Å². The normalized spacial score (nSPS) is 17.1. The predicted molar refractivity (Wildman–Crippen MR) is 100 cm³/mol. The number of hydrogen-bond acceptors (Lipinski definition) is 3. The maximum atomic E-state index is 12.6. The highest BCUT2D eigenvalue weighted by Crippen LogP contribution is 2.30. The Bertz CT molecular complexity index is 899. The lowest BCUT2D eigenvalue weighted by atomic mass is 10.2. The number of amides is 1. The standard InChI is InChI=1S/C19H18BrN3O2/c20-13-7-9-14(10-8-13)21-18(24)12-23-16-5-2-1-4-15(16)22-19(23)17-6-3-11-25-17/h1-2,4-5,7-10,17H,3,6,11-12H2,(H,21,24). The summed E-state index contributed by atoms with van der Waals surface area (Å²) in [6.07, 6.45) is 1.93. The van der Waals surface area contributed by atoms with Crippen LogP contribution in [0.1, 0.15) is 24.8 Å². The van der Waals surface area contributed by atoms with Crippen molar-refractivity contribution in [2.45, 2.75) is 25.5 Å². The first-order valence-electron chi connectivity index (χ1n) is 8.33. The van der Waals surface area contributed by atoms with Crippen LogP contribution in [0.4, 0.5) is 5.69 Å². The first-order chi connectivity index (χ1) is 12.2. The predicted octanol–water partition coefficient (Wildman–Crippen LogP) is 4.29. The lowest BCUT2D eigenvalue weighted by molar-refractivity contribution is -0.116. The molecule has 1 unspecified atom stereocenters. The molecule has 2 heterocycles. The number of para-hydroxylation sites is 2. The van der Waals surface area contributed by atoms with Gasteiger partial charge in [-0.1, -0.05) is 28.1 Å². The molecule has 0 spiro atoms. The van der Waals surface area contributed by atoms with Gasteiger partial charge in [0.25, 0.3) is 0 Å². The van der Waals surface area contributed by atoms with Crippen molar-refractivity contribution in [2.75, 3.05) is 11.9 Å². The number of fused-ring (bicyclic) bond motifs is 1. The molecule has 1 atom stereocenters. The molecule has 128 valence electrons. The molecule has 4 rings (SSSR count). The van der Waals surface area contributed by atoms with Crippen molar-refractivity contribution in [3.63, 3.8) is 0 Å². The van der Waals surface area contributed by atoms with Gasteiger partial charge in [0.15, 0.2) is 0 Å². The maximum Gasteiger partial charge on any atom is 0.244 e. The van der Waals surface area contributed by atoms with Crippen LogP contribution >= 0.6 is 15.9 Å². The third-order valence-electron chi connectivity index (χ3n) is 4.33. The van der Waals surface area contributed by atoms with Crippen LogP contribution in [0, 0.1) is 0 Å². The number of halogens is 1. The molecule has 1 aliphatic heterocycles. The SMILES string of the molecule is O=C(Cn1c(C2CCCO2)nc2ccccc21)Nc1ccc(Br)cc1. The molecular weight excluding hydrogens is 382 g/mol. The molecule has 5 nitrogen and oxygen atoms in total. The number of nitrogens with zero attached hydrogens (tertiary/aromatic N) is 2. The van der Waals surface area contributed by atoms with Gasteiger partial charge in [0.05, 0.1) is 11.0 Å². The third-order valence-corrected chi connectivity index (χ3v) is 4.86. The highest BCUT2D eigenvalue weighted by Gasteiger charge is 2.25. The Morgan fingerprint density at radius 1 is 1.24 bits per heavy atom. The Morgan fingerprint density at radius 3 is 2.80 bits per heavy atom. The van der Waals surface area contributed by atoms with E-state index in [0.29, 0.717) is 0 Å². The first kappa shape index (κ1) is 16.3. The molecule has 1 aliphatic rings. The number of aromatic nitrogens is 2. The number of imidazole rings is 1. The lowest BCUT2D eigenvalue weighted by Gasteiger charge is -2.13. The summed E-state index contributed by atoms with van der Waals surface area (Å²) in [4.78, 5) is 17.3. The Labute approximate surface area is 154 Å².